The number of rotatable bonds is 10. The van der Waals surface area contributed by atoms with E-state index in [1.807, 2.05) is 0 Å². The zero-order valence-electron chi connectivity index (χ0n) is 12.5. The maximum atomic E-state index is 5.22. The topological polar surface area (TPSA) is 27.7 Å². The first-order chi connectivity index (χ1) is 8.80. The van der Waals surface area contributed by atoms with Crippen LogP contribution in [0.5, 0.6) is 0 Å². The third kappa shape index (κ3) is 6.14. The second-order valence-electron chi connectivity index (χ2n) is 5.19. The van der Waals surface area contributed by atoms with Crippen molar-refractivity contribution < 1.29 is 4.74 Å². The SMILES string of the molecule is CCN(CC)CCNCCN1CCC(COC)C1. The highest BCUT2D eigenvalue weighted by Crippen LogP contribution is 2.15. The molecule has 1 heterocycles. The molecule has 0 saturated carbocycles. The number of nitrogens with one attached hydrogen (secondary N) is 1. The summed E-state index contributed by atoms with van der Waals surface area (Å²) in [5, 5.41) is 3.54. The number of nitrogens with zero attached hydrogens (tertiary/aromatic N) is 2. The van der Waals surface area contributed by atoms with E-state index in [1.165, 1.54) is 32.6 Å². The third-order valence-corrected chi connectivity index (χ3v) is 3.88. The highest BCUT2D eigenvalue weighted by Gasteiger charge is 2.21. The second-order valence-corrected chi connectivity index (χ2v) is 5.19. The standard InChI is InChI=1S/C14H31N3O/c1-4-16(5-2)10-7-15-8-11-17-9-6-14(12-17)13-18-3/h14-15H,4-13H2,1-3H3. The molecule has 0 aromatic rings. The predicted molar refractivity (Wildman–Crippen MR) is 77.1 cm³/mol. The normalized spacial score (nSPS) is 21.0. The van der Waals surface area contributed by atoms with E-state index in [2.05, 4.69) is 29.0 Å². The molecular formula is C14H31N3O. The van der Waals surface area contributed by atoms with Gasteiger partial charge in [-0.1, -0.05) is 13.8 Å². The molecular weight excluding hydrogens is 226 g/mol. The average molecular weight is 257 g/mol. The Kier molecular flexibility index (Phi) is 8.59. The fourth-order valence-electron chi connectivity index (χ4n) is 2.63. The first-order valence-corrected chi connectivity index (χ1v) is 7.44. The molecule has 0 aromatic carbocycles. The Hall–Kier alpha value is -0.160. The van der Waals surface area contributed by atoms with Crippen molar-refractivity contribution in [3.8, 4) is 0 Å². The van der Waals surface area contributed by atoms with Gasteiger partial charge in [0.2, 0.25) is 0 Å². The average Bonchev–Trinajstić information content (AvgIpc) is 2.82. The Labute approximate surface area is 113 Å². The number of ether oxygens (including phenoxy) is 1. The number of hydrogen-bond acceptors (Lipinski definition) is 4. The number of likely N-dealkylation sites (tertiary alicyclic amines) is 1. The van der Waals surface area contributed by atoms with Crippen LogP contribution in [0.4, 0.5) is 0 Å². The Bertz CT molecular complexity index is 197. The van der Waals surface area contributed by atoms with E-state index in [0.717, 1.165) is 38.7 Å². The van der Waals surface area contributed by atoms with E-state index < -0.39 is 0 Å². The van der Waals surface area contributed by atoms with E-state index in [9.17, 15) is 0 Å². The summed E-state index contributed by atoms with van der Waals surface area (Å²) in [6, 6.07) is 0. The summed E-state index contributed by atoms with van der Waals surface area (Å²) < 4.78 is 5.22. The van der Waals surface area contributed by atoms with Gasteiger partial charge in [0.15, 0.2) is 0 Å². The summed E-state index contributed by atoms with van der Waals surface area (Å²) in [6.07, 6.45) is 1.30. The van der Waals surface area contributed by atoms with Crippen LogP contribution in [0, 0.1) is 5.92 Å². The summed E-state index contributed by atoms with van der Waals surface area (Å²) in [4.78, 5) is 5.01. The molecule has 0 spiro atoms. The highest BCUT2D eigenvalue weighted by atomic mass is 16.5. The maximum Gasteiger partial charge on any atom is 0.0503 e. The van der Waals surface area contributed by atoms with Crippen molar-refractivity contribution in [1.29, 1.82) is 0 Å². The van der Waals surface area contributed by atoms with Crippen molar-refractivity contribution in [2.45, 2.75) is 20.3 Å². The molecule has 4 nitrogen and oxygen atoms in total. The summed E-state index contributed by atoms with van der Waals surface area (Å²) in [7, 11) is 1.80. The van der Waals surface area contributed by atoms with Crippen molar-refractivity contribution in [2.24, 2.45) is 5.92 Å². The molecule has 1 atom stereocenters. The Balaban J connectivity index is 1.95. The van der Waals surface area contributed by atoms with Crippen LogP contribution in [0.1, 0.15) is 20.3 Å². The molecule has 1 aliphatic rings. The zero-order valence-corrected chi connectivity index (χ0v) is 12.5. The van der Waals surface area contributed by atoms with Gasteiger partial charge < -0.3 is 19.9 Å². The minimum absolute atomic E-state index is 0.755. The lowest BCUT2D eigenvalue weighted by Gasteiger charge is -2.19. The van der Waals surface area contributed by atoms with Gasteiger partial charge in [0, 0.05) is 39.8 Å². The van der Waals surface area contributed by atoms with Gasteiger partial charge in [-0.3, -0.25) is 0 Å². The molecule has 1 N–H and O–H groups in total. The molecule has 108 valence electrons. The second kappa shape index (κ2) is 9.73. The third-order valence-electron chi connectivity index (χ3n) is 3.88. The Morgan fingerprint density at radius 3 is 2.72 bits per heavy atom. The van der Waals surface area contributed by atoms with Crippen LogP contribution in [0.15, 0.2) is 0 Å². The summed E-state index contributed by atoms with van der Waals surface area (Å²) >= 11 is 0. The van der Waals surface area contributed by atoms with Crippen LogP contribution in [-0.4, -0.2) is 75.9 Å². The van der Waals surface area contributed by atoms with Crippen molar-refractivity contribution in [2.75, 3.05) is 66.1 Å². The lowest BCUT2D eigenvalue weighted by atomic mass is 10.1. The Morgan fingerprint density at radius 2 is 2.06 bits per heavy atom. The summed E-state index contributed by atoms with van der Waals surface area (Å²) in [5.41, 5.74) is 0. The predicted octanol–water partition coefficient (Wildman–Crippen LogP) is 0.886. The van der Waals surface area contributed by atoms with E-state index >= 15 is 0 Å². The van der Waals surface area contributed by atoms with E-state index in [0.29, 0.717) is 0 Å². The molecule has 18 heavy (non-hydrogen) atoms. The fraction of sp³-hybridized carbons (Fsp3) is 1.00. The summed E-state index contributed by atoms with van der Waals surface area (Å²) in [6.45, 7) is 14.7. The summed E-state index contributed by atoms with van der Waals surface area (Å²) in [5.74, 6) is 0.755. The van der Waals surface area contributed by atoms with Crippen LogP contribution in [0.25, 0.3) is 0 Å². The van der Waals surface area contributed by atoms with E-state index in [-0.39, 0.29) is 0 Å². The highest BCUT2D eigenvalue weighted by molar-refractivity contribution is 4.75. The van der Waals surface area contributed by atoms with Crippen LogP contribution in [0.3, 0.4) is 0 Å². The maximum absolute atomic E-state index is 5.22. The molecule has 0 aliphatic carbocycles. The number of methoxy groups -OCH3 is 1. The molecule has 1 saturated heterocycles. The van der Waals surface area contributed by atoms with Gasteiger partial charge >= 0.3 is 0 Å². The van der Waals surface area contributed by atoms with Crippen molar-refractivity contribution in [1.82, 2.24) is 15.1 Å². The molecule has 1 rings (SSSR count). The van der Waals surface area contributed by atoms with E-state index in [4.69, 9.17) is 4.74 Å². The number of hydrogen-bond donors (Lipinski definition) is 1. The van der Waals surface area contributed by atoms with Gasteiger partial charge in [-0.2, -0.15) is 0 Å². The molecule has 1 fully saturated rings. The first-order valence-electron chi connectivity index (χ1n) is 7.44. The monoisotopic (exact) mass is 257 g/mol. The van der Waals surface area contributed by atoms with Crippen LogP contribution >= 0.6 is 0 Å². The van der Waals surface area contributed by atoms with Crippen LogP contribution < -0.4 is 5.32 Å². The van der Waals surface area contributed by atoms with Gasteiger partial charge in [-0.05, 0) is 32.0 Å². The van der Waals surface area contributed by atoms with Gasteiger partial charge in [0.1, 0.15) is 0 Å². The van der Waals surface area contributed by atoms with Crippen LogP contribution in [0.2, 0.25) is 0 Å². The van der Waals surface area contributed by atoms with Crippen molar-refractivity contribution in [3.63, 3.8) is 0 Å². The van der Waals surface area contributed by atoms with Crippen molar-refractivity contribution >= 4 is 0 Å². The van der Waals surface area contributed by atoms with Crippen LogP contribution in [-0.2, 0) is 4.74 Å². The molecule has 4 heteroatoms. The molecule has 1 unspecified atom stereocenters. The van der Waals surface area contributed by atoms with Crippen molar-refractivity contribution in [3.05, 3.63) is 0 Å². The number of likely N-dealkylation sites (N-methyl/N-ethyl adjacent to an activating group) is 1. The molecule has 0 amide bonds. The fourth-order valence-corrected chi connectivity index (χ4v) is 2.63. The first kappa shape index (κ1) is 15.9. The molecule has 0 bridgehead atoms. The lowest BCUT2D eigenvalue weighted by Crippen LogP contribution is -2.36. The quantitative estimate of drug-likeness (QED) is 0.588. The molecule has 0 aromatic heterocycles. The van der Waals surface area contributed by atoms with E-state index in [1.54, 1.807) is 7.11 Å². The smallest absolute Gasteiger partial charge is 0.0503 e. The Morgan fingerprint density at radius 1 is 1.28 bits per heavy atom. The van der Waals surface area contributed by atoms with Gasteiger partial charge in [0.05, 0.1) is 6.61 Å². The van der Waals surface area contributed by atoms with Gasteiger partial charge in [0.25, 0.3) is 0 Å². The molecule has 0 radical (unpaired) electrons. The largest absolute Gasteiger partial charge is 0.384 e. The minimum Gasteiger partial charge on any atom is -0.384 e. The van der Waals surface area contributed by atoms with Gasteiger partial charge in [-0.15, -0.1) is 0 Å². The minimum atomic E-state index is 0.755. The zero-order chi connectivity index (χ0) is 13.2. The lowest BCUT2D eigenvalue weighted by molar-refractivity contribution is 0.153. The molecule has 1 aliphatic heterocycles. The van der Waals surface area contributed by atoms with Gasteiger partial charge in [-0.25, -0.2) is 0 Å².